The van der Waals surface area contributed by atoms with E-state index in [-0.39, 0.29) is 5.41 Å². The minimum Gasteiger partial charge on any atom is -0.366 e. The quantitative estimate of drug-likeness (QED) is 0.470. The first-order valence-corrected chi connectivity index (χ1v) is 12.1. The lowest BCUT2D eigenvalue weighted by Gasteiger charge is -2.41. The predicted octanol–water partition coefficient (Wildman–Crippen LogP) is 5.24. The molecular weight excluding hydrogens is 426 g/mol. The van der Waals surface area contributed by atoms with Crippen LogP contribution in [0, 0.1) is 22.7 Å². The van der Waals surface area contributed by atoms with Gasteiger partial charge in [-0.15, -0.1) is 0 Å². The molecule has 34 heavy (non-hydrogen) atoms. The fourth-order valence-electron chi connectivity index (χ4n) is 4.40. The molecule has 178 valence electrons. The molecule has 0 unspecified atom stereocenters. The van der Waals surface area contributed by atoms with E-state index in [9.17, 15) is 5.26 Å². The second-order valence-electron chi connectivity index (χ2n) is 9.82. The van der Waals surface area contributed by atoms with E-state index < -0.39 is 0 Å². The summed E-state index contributed by atoms with van der Waals surface area (Å²) < 4.78 is 5.30. The standard InChI is InChI=1S/C26H33N7O/c1-5-22-31-24(34-33-22)19-9-7-18(8-10-19)12-13-28-25-29-16-20(15-27)23(32-25)30-21-11-6-17(2)26(3,4)14-21/h7-10,16-17,21H,5-6,11-14H2,1-4H3,(H2,28,29,30,32)/t17-,21+/m0/s1. The Kier molecular flexibility index (Phi) is 7.11. The third-order valence-corrected chi connectivity index (χ3v) is 6.99. The Balaban J connectivity index is 1.35. The lowest BCUT2D eigenvalue weighted by molar-refractivity contribution is 0.143. The van der Waals surface area contributed by atoms with Crippen LogP contribution < -0.4 is 10.6 Å². The molecule has 1 aliphatic rings. The molecule has 2 atom stereocenters. The molecule has 0 saturated heterocycles. The molecule has 2 aromatic heterocycles. The first-order chi connectivity index (χ1) is 16.4. The average Bonchev–Trinajstić information content (AvgIpc) is 3.31. The molecule has 3 aromatic rings. The summed E-state index contributed by atoms with van der Waals surface area (Å²) in [7, 11) is 0. The van der Waals surface area contributed by atoms with Crippen LogP contribution in [0.1, 0.15) is 63.9 Å². The van der Waals surface area contributed by atoms with Crippen LogP contribution in [-0.4, -0.2) is 32.7 Å². The van der Waals surface area contributed by atoms with Crippen molar-refractivity contribution in [3.05, 3.63) is 47.4 Å². The highest BCUT2D eigenvalue weighted by molar-refractivity contribution is 5.54. The zero-order valence-corrected chi connectivity index (χ0v) is 20.4. The van der Waals surface area contributed by atoms with E-state index in [1.54, 1.807) is 6.20 Å². The summed E-state index contributed by atoms with van der Waals surface area (Å²) >= 11 is 0. The topological polar surface area (TPSA) is 113 Å². The summed E-state index contributed by atoms with van der Waals surface area (Å²) in [4.78, 5) is 13.3. The lowest BCUT2D eigenvalue weighted by atomic mass is 9.68. The Labute approximate surface area is 201 Å². The van der Waals surface area contributed by atoms with Gasteiger partial charge in [-0.1, -0.05) is 45.0 Å². The summed E-state index contributed by atoms with van der Waals surface area (Å²) in [6, 6.07) is 10.6. The van der Waals surface area contributed by atoms with Gasteiger partial charge < -0.3 is 15.2 Å². The van der Waals surface area contributed by atoms with Gasteiger partial charge in [0.05, 0.1) is 6.20 Å². The first-order valence-electron chi connectivity index (χ1n) is 12.1. The SMILES string of the molecule is CCc1noc(-c2ccc(CCNc3ncc(C#N)c(N[C@@H]4CC[C@H](C)C(C)(C)C4)n3)cc2)n1. The van der Waals surface area contributed by atoms with Crippen LogP contribution in [0.2, 0.25) is 0 Å². The van der Waals surface area contributed by atoms with Crippen LogP contribution in [-0.2, 0) is 12.8 Å². The number of nitrogens with zero attached hydrogens (tertiary/aromatic N) is 5. The van der Waals surface area contributed by atoms with E-state index in [0.29, 0.717) is 47.5 Å². The van der Waals surface area contributed by atoms with E-state index >= 15 is 0 Å². The zero-order chi connectivity index (χ0) is 24.1. The number of anilines is 2. The number of hydrogen-bond acceptors (Lipinski definition) is 8. The normalized spacial score (nSPS) is 19.4. The monoisotopic (exact) mass is 459 g/mol. The zero-order valence-electron chi connectivity index (χ0n) is 20.4. The highest BCUT2D eigenvalue weighted by Crippen LogP contribution is 2.41. The molecule has 1 saturated carbocycles. The van der Waals surface area contributed by atoms with Crippen LogP contribution in [0.3, 0.4) is 0 Å². The van der Waals surface area contributed by atoms with Crippen molar-refractivity contribution >= 4 is 11.8 Å². The van der Waals surface area contributed by atoms with Gasteiger partial charge in [-0.25, -0.2) is 4.98 Å². The van der Waals surface area contributed by atoms with Gasteiger partial charge in [0.1, 0.15) is 17.5 Å². The van der Waals surface area contributed by atoms with Crippen molar-refractivity contribution in [3.8, 4) is 17.5 Å². The van der Waals surface area contributed by atoms with Gasteiger partial charge in [0.15, 0.2) is 5.82 Å². The number of aromatic nitrogens is 4. The van der Waals surface area contributed by atoms with Crippen molar-refractivity contribution in [1.29, 1.82) is 5.26 Å². The summed E-state index contributed by atoms with van der Waals surface area (Å²) in [5.74, 6) is 3.09. The maximum absolute atomic E-state index is 9.52. The highest BCUT2D eigenvalue weighted by atomic mass is 16.5. The Hall–Kier alpha value is -3.47. The van der Waals surface area contributed by atoms with Crippen LogP contribution in [0.15, 0.2) is 35.0 Å². The van der Waals surface area contributed by atoms with Crippen LogP contribution >= 0.6 is 0 Å². The number of hydrogen-bond donors (Lipinski definition) is 2. The number of rotatable bonds is 8. The van der Waals surface area contributed by atoms with Gasteiger partial charge in [-0.3, -0.25) is 0 Å². The molecule has 2 N–H and O–H groups in total. The lowest BCUT2D eigenvalue weighted by Crippen LogP contribution is -2.37. The second kappa shape index (κ2) is 10.2. The van der Waals surface area contributed by atoms with E-state index in [0.717, 1.165) is 31.2 Å². The van der Waals surface area contributed by atoms with E-state index in [1.165, 1.54) is 12.0 Å². The van der Waals surface area contributed by atoms with E-state index in [1.807, 2.05) is 19.1 Å². The summed E-state index contributed by atoms with van der Waals surface area (Å²) in [5, 5.41) is 20.3. The predicted molar refractivity (Wildman–Crippen MR) is 132 cm³/mol. The summed E-state index contributed by atoms with van der Waals surface area (Å²) in [6.07, 6.45) is 6.48. The summed E-state index contributed by atoms with van der Waals surface area (Å²) in [5.41, 5.74) is 2.84. The molecule has 4 rings (SSSR count). The minimum absolute atomic E-state index is 0.272. The number of nitriles is 1. The third-order valence-electron chi connectivity index (χ3n) is 6.99. The fraction of sp³-hybridized carbons (Fsp3) is 0.500. The molecule has 0 bridgehead atoms. The smallest absolute Gasteiger partial charge is 0.257 e. The molecular formula is C26H33N7O. The number of benzene rings is 1. The third kappa shape index (κ3) is 5.53. The second-order valence-corrected chi connectivity index (χ2v) is 9.82. The fourth-order valence-corrected chi connectivity index (χ4v) is 4.40. The molecule has 0 radical (unpaired) electrons. The Morgan fingerprint density at radius 2 is 1.97 bits per heavy atom. The molecule has 0 spiro atoms. The molecule has 1 fully saturated rings. The van der Waals surface area contributed by atoms with Crippen molar-refractivity contribution < 1.29 is 4.52 Å². The van der Waals surface area contributed by atoms with Crippen LogP contribution in [0.25, 0.3) is 11.5 Å². The van der Waals surface area contributed by atoms with Gasteiger partial charge in [0.2, 0.25) is 5.95 Å². The summed E-state index contributed by atoms with van der Waals surface area (Å²) in [6.45, 7) is 9.64. The van der Waals surface area contributed by atoms with Crippen molar-refractivity contribution in [2.45, 2.75) is 65.8 Å². The van der Waals surface area contributed by atoms with Gasteiger partial charge in [0.25, 0.3) is 5.89 Å². The van der Waals surface area contributed by atoms with E-state index in [2.05, 4.69) is 69.7 Å². The minimum atomic E-state index is 0.272. The Morgan fingerprint density at radius 3 is 2.65 bits per heavy atom. The Bertz CT molecular complexity index is 1150. The van der Waals surface area contributed by atoms with Gasteiger partial charge in [0, 0.05) is 24.6 Å². The van der Waals surface area contributed by atoms with Gasteiger partial charge >= 0.3 is 0 Å². The molecule has 8 nitrogen and oxygen atoms in total. The van der Waals surface area contributed by atoms with E-state index in [4.69, 9.17) is 4.52 Å². The van der Waals surface area contributed by atoms with Crippen molar-refractivity contribution in [2.24, 2.45) is 11.3 Å². The van der Waals surface area contributed by atoms with Gasteiger partial charge in [-0.2, -0.15) is 15.2 Å². The maximum Gasteiger partial charge on any atom is 0.257 e. The van der Waals surface area contributed by atoms with Gasteiger partial charge in [-0.05, 0) is 54.7 Å². The molecule has 8 heteroatoms. The van der Waals surface area contributed by atoms with Crippen molar-refractivity contribution in [1.82, 2.24) is 20.1 Å². The molecule has 0 amide bonds. The average molecular weight is 460 g/mol. The van der Waals surface area contributed by atoms with Crippen LogP contribution in [0.5, 0.6) is 0 Å². The molecule has 1 aliphatic carbocycles. The first kappa shape index (κ1) is 23.7. The highest BCUT2D eigenvalue weighted by Gasteiger charge is 2.34. The number of aryl methyl sites for hydroxylation is 1. The van der Waals surface area contributed by atoms with Crippen LogP contribution in [0.4, 0.5) is 11.8 Å². The molecule has 1 aromatic carbocycles. The molecule has 0 aliphatic heterocycles. The van der Waals surface area contributed by atoms with Crippen molar-refractivity contribution in [2.75, 3.05) is 17.2 Å². The maximum atomic E-state index is 9.52. The Morgan fingerprint density at radius 1 is 1.18 bits per heavy atom. The van der Waals surface area contributed by atoms with Crippen molar-refractivity contribution in [3.63, 3.8) is 0 Å². The largest absolute Gasteiger partial charge is 0.366 e. The number of nitrogens with one attached hydrogen (secondary N) is 2. The molecule has 2 heterocycles.